The Balaban J connectivity index is 2.09. The molecule has 0 amide bonds. The number of nitrogens with zero attached hydrogens (tertiary/aromatic N) is 7. The number of rotatable bonds is 34. The van der Waals surface area contributed by atoms with Crippen LogP contribution in [-0.2, 0) is 74.0 Å². The summed E-state index contributed by atoms with van der Waals surface area (Å²) in [6, 6.07) is -0.271. The molecule has 6 atom stereocenters. The highest BCUT2D eigenvalue weighted by Gasteiger charge is 2.50. The number of piperazine rings is 3. The van der Waals surface area contributed by atoms with E-state index in [1.165, 1.54) is 0 Å². The second kappa shape index (κ2) is 28.5. The minimum absolute atomic E-state index is 0.130. The van der Waals surface area contributed by atoms with E-state index in [1.807, 2.05) is 21.1 Å². The van der Waals surface area contributed by atoms with Crippen LogP contribution in [0, 0.1) is 0 Å². The number of hydrogen-bond acceptors (Lipinski definition) is 24. The first-order valence-corrected chi connectivity index (χ1v) is 35.1. The number of aliphatic hydroxyl groups is 3. The molecule has 0 aromatic heterocycles. The lowest BCUT2D eigenvalue weighted by Gasteiger charge is -2.43. The van der Waals surface area contributed by atoms with Gasteiger partial charge in [0, 0.05) is 130 Å². The highest BCUT2D eigenvalue weighted by molar-refractivity contribution is 7.87. The van der Waals surface area contributed by atoms with E-state index in [4.69, 9.17) is 13.3 Å². The summed E-state index contributed by atoms with van der Waals surface area (Å²) in [5.74, 6) is -6.10. The van der Waals surface area contributed by atoms with Gasteiger partial charge in [0.25, 0.3) is 60.7 Å². The molecule has 0 aromatic rings. The van der Waals surface area contributed by atoms with Crippen molar-refractivity contribution in [1.82, 2.24) is 29.4 Å². The maximum atomic E-state index is 12.8. The molecule has 0 aromatic carbocycles. The molecule has 0 spiro atoms. The van der Waals surface area contributed by atoms with Crippen LogP contribution >= 0.6 is 0 Å². The summed E-state index contributed by atoms with van der Waals surface area (Å²) in [4.78, 5) is 10.2. The van der Waals surface area contributed by atoms with Crippen molar-refractivity contribution in [3.63, 3.8) is 0 Å². The monoisotopic (exact) mass is 1210 g/mol. The van der Waals surface area contributed by atoms with Crippen LogP contribution in [0.15, 0.2) is 0 Å². The van der Waals surface area contributed by atoms with E-state index >= 15 is 0 Å². The molecule has 6 unspecified atom stereocenters. The minimum atomic E-state index is -4.94. The maximum absolute atomic E-state index is 12.8. The highest BCUT2D eigenvalue weighted by atomic mass is 32.2. The minimum Gasteiger partial charge on any atom is -0.391 e. The summed E-state index contributed by atoms with van der Waals surface area (Å²) < 4.78 is 224. The van der Waals surface area contributed by atoms with Crippen molar-refractivity contribution in [2.45, 2.75) is 49.1 Å². The molecule has 3 aliphatic heterocycles. The second-order valence-corrected chi connectivity index (χ2v) is 31.8. The van der Waals surface area contributed by atoms with Crippen molar-refractivity contribution in [2.75, 3.05) is 180 Å². The van der Waals surface area contributed by atoms with Crippen molar-refractivity contribution < 1.29 is 111 Å². The van der Waals surface area contributed by atoms with Gasteiger partial charge in [-0.15, -0.1) is 0 Å². The smallest absolute Gasteiger partial charge is 0.391 e. The van der Waals surface area contributed by atoms with Gasteiger partial charge in [0.15, 0.2) is 0 Å². The van der Waals surface area contributed by atoms with Crippen LogP contribution in [0.25, 0.3) is 0 Å². The van der Waals surface area contributed by atoms with E-state index < -0.39 is 141 Å². The van der Waals surface area contributed by atoms with Gasteiger partial charge in [-0.2, -0.15) is 50.5 Å². The van der Waals surface area contributed by atoms with E-state index in [1.54, 1.807) is 29.4 Å². The number of quaternary nitrogens is 1. The van der Waals surface area contributed by atoms with E-state index in [0.29, 0.717) is 11.0 Å². The van der Waals surface area contributed by atoms with Crippen molar-refractivity contribution in [1.29, 1.82) is 0 Å². The average molecular weight is 1210 g/mol. The van der Waals surface area contributed by atoms with Crippen LogP contribution in [-0.4, -0.2) is 352 Å². The molecule has 3 aliphatic rings. The summed E-state index contributed by atoms with van der Waals surface area (Å²) in [5, 5.41) is 30.7. The standard InChI is InChI=1S/C36H77N7O24S6Si/c1-43(2,3)17-4-18-74(65-34(28-71(56,57)58)22-40-11-5-37(6-12-40)19-31(44)25-68(47,48)49,66-35(29-72(59,60)61)23-41-13-7-38(8-14-41)20-32(45)26-69(50,51)52)67-36(30-73(62,63)64)24-42-15-9-39(10-16-42)21-33(46)27-70(53,54)55/h31-36,44-46H,4-30H2,1-3H3,(H5-,47,48,49,50,51,52,53,54,55,56,57,58,59,60,61,62,63,64)/p+1. The van der Waals surface area contributed by atoms with Crippen LogP contribution in [0.1, 0.15) is 6.42 Å². The molecular weight excluding hydrogens is 1130 g/mol. The third kappa shape index (κ3) is 31.1. The largest absolute Gasteiger partial charge is 0.502 e. The first-order valence-electron chi connectivity index (χ1n) is 23.5. The van der Waals surface area contributed by atoms with Gasteiger partial charge >= 0.3 is 8.80 Å². The predicted octanol–water partition coefficient (Wildman–Crippen LogP) is -6.56. The summed E-state index contributed by atoms with van der Waals surface area (Å²) in [6.07, 6.45) is -8.95. The van der Waals surface area contributed by atoms with Gasteiger partial charge in [-0.1, -0.05) is 0 Å². The molecule has 0 bridgehead atoms. The van der Waals surface area contributed by atoms with Gasteiger partial charge in [-0.05, 0) is 0 Å². The fraction of sp³-hybridized carbons (Fsp3) is 1.00. The molecule has 3 saturated heterocycles. The van der Waals surface area contributed by atoms with Gasteiger partial charge in [0.2, 0.25) is 0 Å². The van der Waals surface area contributed by atoms with Crippen LogP contribution in [0.5, 0.6) is 0 Å². The number of β-amino-alcohol motifs (C(OH)–C–C–N with tert-alkyl or cyclic N) is 3. The van der Waals surface area contributed by atoms with Crippen molar-refractivity contribution in [2.24, 2.45) is 0 Å². The van der Waals surface area contributed by atoms with Crippen molar-refractivity contribution in [3.8, 4) is 0 Å². The Morgan fingerprint density at radius 3 is 0.770 bits per heavy atom. The zero-order valence-electron chi connectivity index (χ0n) is 41.8. The molecular formula is C36H78N7O24S6Si+. The lowest BCUT2D eigenvalue weighted by Crippen LogP contribution is -2.60. The molecule has 440 valence electrons. The van der Waals surface area contributed by atoms with Crippen LogP contribution in [0.3, 0.4) is 0 Å². The quantitative estimate of drug-likeness (QED) is 0.0164. The third-order valence-electron chi connectivity index (χ3n) is 11.9. The summed E-state index contributed by atoms with van der Waals surface area (Å²) in [7, 11) is -27.7. The normalized spacial score (nSPS) is 22.2. The fourth-order valence-corrected chi connectivity index (χ4v) is 16.2. The van der Waals surface area contributed by atoms with Gasteiger partial charge < -0.3 is 33.1 Å². The Bertz CT molecular complexity index is 2170. The molecule has 31 nitrogen and oxygen atoms in total. The Hall–Kier alpha value is -0.843. The van der Waals surface area contributed by atoms with Gasteiger partial charge in [0.1, 0.15) is 34.5 Å². The Kier molecular flexibility index (Phi) is 26.0. The molecule has 3 heterocycles. The van der Waals surface area contributed by atoms with Crippen LogP contribution in [0.4, 0.5) is 0 Å². The molecule has 74 heavy (non-hydrogen) atoms. The lowest BCUT2D eigenvalue weighted by molar-refractivity contribution is -0.870. The topological polar surface area (TPSA) is 434 Å². The predicted molar refractivity (Wildman–Crippen MR) is 268 cm³/mol. The van der Waals surface area contributed by atoms with E-state index in [0.717, 1.165) is 0 Å². The zero-order valence-corrected chi connectivity index (χ0v) is 47.7. The second-order valence-electron chi connectivity index (χ2n) is 20.3. The van der Waals surface area contributed by atoms with Crippen molar-refractivity contribution in [3.05, 3.63) is 0 Å². The van der Waals surface area contributed by atoms with Gasteiger partial charge in [-0.25, -0.2) is 0 Å². The van der Waals surface area contributed by atoms with Crippen LogP contribution < -0.4 is 0 Å². The molecule has 3 rings (SSSR count). The van der Waals surface area contributed by atoms with E-state index in [-0.39, 0.29) is 130 Å². The SMILES string of the molecule is C[N+](C)(C)CCC[Si](OC(CN1CCN(CC(O)CS(=O)(=O)O)CC1)CS(=O)(=O)O)(OC(CN1CCN(CC(O)CS(=O)(=O)O)CC1)CS(=O)(=O)O)OC(CN1CCN(CC(O)CS(=O)(=O)O)CC1)CS(=O)(=O)O. The third-order valence-corrected chi connectivity index (χ3v) is 19.8. The zero-order chi connectivity index (χ0) is 56.1. The molecule has 0 radical (unpaired) electrons. The lowest BCUT2D eigenvalue weighted by atomic mass is 10.2. The van der Waals surface area contributed by atoms with Crippen molar-refractivity contribution >= 4 is 69.5 Å². The van der Waals surface area contributed by atoms with Crippen LogP contribution in [0.2, 0.25) is 6.04 Å². The fourth-order valence-electron chi connectivity index (χ4n) is 8.98. The molecule has 0 aliphatic carbocycles. The molecule has 3 fully saturated rings. The average Bonchev–Trinajstić information content (AvgIpc) is 3.15. The highest BCUT2D eigenvalue weighted by Crippen LogP contribution is 2.28. The Morgan fingerprint density at radius 1 is 0.378 bits per heavy atom. The molecule has 0 saturated carbocycles. The van der Waals surface area contributed by atoms with E-state index in [9.17, 15) is 93.1 Å². The Morgan fingerprint density at radius 2 is 0.581 bits per heavy atom. The maximum Gasteiger partial charge on any atom is 0.502 e. The summed E-state index contributed by atoms with van der Waals surface area (Å²) in [6.45, 7) is 1.03. The molecule has 9 N–H and O–H groups in total. The number of hydrogen-bond donors (Lipinski definition) is 9. The Labute approximate surface area is 436 Å². The van der Waals surface area contributed by atoms with E-state index in [2.05, 4.69) is 0 Å². The van der Waals surface area contributed by atoms with Gasteiger partial charge in [0.05, 0.1) is 64.3 Å². The first-order chi connectivity index (χ1) is 33.6. The summed E-state index contributed by atoms with van der Waals surface area (Å²) >= 11 is 0. The number of aliphatic hydroxyl groups excluding tert-OH is 3. The molecule has 38 heteroatoms. The first kappa shape index (κ1) is 67.4. The summed E-state index contributed by atoms with van der Waals surface area (Å²) in [5.41, 5.74) is 0. The van der Waals surface area contributed by atoms with Gasteiger partial charge in [-0.3, -0.25) is 56.7 Å².